The molecule has 3 saturated heterocycles. The first kappa shape index (κ1) is 61.0. The number of aliphatic hydroxyl groups excluding tert-OH is 1. The molecule has 7 heterocycles. The quantitative estimate of drug-likeness (QED) is 0.0282. The lowest BCUT2D eigenvalue weighted by Crippen LogP contribution is -2.41. The van der Waals surface area contributed by atoms with Crippen molar-refractivity contribution in [3.05, 3.63) is 81.9 Å². The number of aromatic amines is 3. The maximum absolute atomic E-state index is 14.2. The lowest BCUT2D eigenvalue weighted by Gasteiger charge is -2.36. The number of anilines is 1. The Balaban J connectivity index is 1.11. The Kier molecular flexibility index (Phi) is 20.1. The summed E-state index contributed by atoms with van der Waals surface area (Å²) < 4.78 is 86.1. The van der Waals surface area contributed by atoms with Crippen molar-refractivity contribution < 1.29 is 79.5 Å². The third-order valence-electron chi connectivity index (χ3n) is 11.4. The standard InChI is InChI=1S/C37H55N9O22P4S4/c1-17(2)65-70(54,74)59-13-23-21(10-26(63-23)46-16-39-27-30(46)40-35(38)41-33(27)50)67-71(55,75)60-14-22-20(9-25(62-22)44-11-18(3)31(48)42-36(44)51)66-72(56,76)61-15-24-28(68-69(53,73)58-8-6-7-47)29(57-5)34(64-24)45-12-19(4)32(49)43-37(45)52/h11-12,16-17,20-26,28-29,34,47H,6-10,13-15H2,1-5H3,(H,53,73)(H,54,74)(H,55,75)(H,56,76)(H,42,48,51)(H,43,49,52)(H3,38,40,41,50)/p-4/t20?,21?,22-,23-,24-,25-,26-,28?,29+,34-,69?,70?,71?,72?/m1/s1. The fourth-order valence-electron chi connectivity index (χ4n) is 8.03. The minimum Gasteiger partial charge on any atom is -0.780 e. The normalized spacial score (nSPS) is 28.1. The predicted octanol–water partition coefficient (Wildman–Crippen LogP) is -1.65. The van der Waals surface area contributed by atoms with E-state index in [1.807, 2.05) is 0 Å². The first-order valence-electron chi connectivity index (χ1n) is 22.6. The van der Waals surface area contributed by atoms with Crippen LogP contribution in [-0.4, -0.2) is 133 Å². The maximum Gasteiger partial charge on any atom is 0.330 e. The minimum absolute atomic E-state index is 0.00688. The molecule has 3 aliphatic heterocycles. The zero-order valence-electron chi connectivity index (χ0n) is 40.5. The zero-order chi connectivity index (χ0) is 55.7. The van der Waals surface area contributed by atoms with Crippen LogP contribution >= 0.6 is 27.0 Å². The van der Waals surface area contributed by atoms with E-state index in [2.05, 4.69) is 24.9 Å². The van der Waals surface area contributed by atoms with Crippen LogP contribution in [0.3, 0.4) is 0 Å². The van der Waals surface area contributed by atoms with Crippen LogP contribution in [0.5, 0.6) is 0 Å². The molecule has 0 amide bonds. The molecule has 39 heteroatoms. The van der Waals surface area contributed by atoms with Gasteiger partial charge in [0.05, 0.1) is 51.1 Å². The van der Waals surface area contributed by atoms with Gasteiger partial charge in [-0.2, -0.15) is 4.98 Å². The van der Waals surface area contributed by atoms with Crippen LogP contribution in [0, 0.1) is 13.8 Å². The van der Waals surface area contributed by atoms with Crippen molar-refractivity contribution in [2.24, 2.45) is 0 Å². The number of methoxy groups -OCH3 is 1. The molecule has 0 aliphatic carbocycles. The van der Waals surface area contributed by atoms with Gasteiger partial charge in [-0.25, -0.2) is 14.6 Å². The van der Waals surface area contributed by atoms with E-state index in [9.17, 15) is 48.3 Å². The maximum atomic E-state index is 14.2. The minimum atomic E-state index is -4.79. The lowest BCUT2D eigenvalue weighted by atomic mass is 10.1. The molecule has 14 atom stereocenters. The van der Waals surface area contributed by atoms with Gasteiger partial charge in [-0.15, -0.1) is 0 Å². The van der Waals surface area contributed by atoms with Crippen molar-refractivity contribution in [3.8, 4) is 0 Å². The Morgan fingerprint density at radius 2 is 1.33 bits per heavy atom. The number of nitrogens with zero attached hydrogens (tertiary/aromatic N) is 5. The van der Waals surface area contributed by atoms with Gasteiger partial charge in [0.1, 0.15) is 63.1 Å². The summed E-state index contributed by atoms with van der Waals surface area (Å²) in [4.78, 5) is 119. The molecule has 3 aliphatic rings. The van der Waals surface area contributed by atoms with E-state index in [-0.39, 0.29) is 60.7 Å². The first-order chi connectivity index (χ1) is 35.6. The highest BCUT2D eigenvalue weighted by Crippen LogP contribution is 2.53. The van der Waals surface area contributed by atoms with E-state index in [1.165, 1.54) is 44.2 Å². The number of hydrogen-bond donors (Lipinski definition) is 5. The number of ether oxygens (including phenoxy) is 4. The van der Waals surface area contributed by atoms with E-state index in [0.717, 1.165) is 9.13 Å². The number of nitrogens with one attached hydrogen (secondary N) is 3. The summed E-state index contributed by atoms with van der Waals surface area (Å²) in [5.74, 6) is -0.236. The molecule has 31 nitrogen and oxygen atoms in total. The van der Waals surface area contributed by atoms with Crippen molar-refractivity contribution in [3.63, 3.8) is 0 Å². The van der Waals surface area contributed by atoms with Crippen LogP contribution in [0.1, 0.15) is 62.9 Å². The second-order valence-electron chi connectivity index (χ2n) is 17.3. The second-order valence-corrected chi connectivity index (χ2v) is 28.1. The highest BCUT2D eigenvalue weighted by Gasteiger charge is 2.49. The molecule has 3 fully saturated rings. The molecule has 424 valence electrons. The summed E-state index contributed by atoms with van der Waals surface area (Å²) in [5, 5.41) is 9.21. The van der Waals surface area contributed by atoms with Crippen molar-refractivity contribution in [2.45, 2.75) is 114 Å². The molecule has 7 unspecified atom stereocenters. The summed E-state index contributed by atoms with van der Waals surface area (Å²) in [6.45, 7) is -14.8. The fourth-order valence-corrected chi connectivity index (χ4v) is 14.0. The van der Waals surface area contributed by atoms with Crippen molar-refractivity contribution in [1.29, 1.82) is 0 Å². The molecule has 0 aromatic carbocycles. The summed E-state index contributed by atoms with van der Waals surface area (Å²) >= 11 is 20.8. The van der Waals surface area contributed by atoms with E-state index in [1.54, 1.807) is 13.8 Å². The lowest BCUT2D eigenvalue weighted by molar-refractivity contribution is -0.219. The molecule has 76 heavy (non-hydrogen) atoms. The zero-order valence-corrected chi connectivity index (χ0v) is 47.3. The highest BCUT2D eigenvalue weighted by molar-refractivity contribution is 8.32. The molecule has 4 aromatic rings. The number of H-pyrrole nitrogens is 3. The van der Waals surface area contributed by atoms with Crippen LogP contribution in [0.2, 0.25) is 0 Å². The number of nitrogens with two attached hydrogens (primary N) is 1. The summed E-state index contributed by atoms with van der Waals surface area (Å²) in [5.41, 5.74) is 1.99. The molecule has 4 aromatic heterocycles. The average Bonchev–Trinajstić information content (AvgIpc) is 4.11. The molecular formula is C37H51N9O22P4S4-4. The Labute approximate surface area is 450 Å². The third kappa shape index (κ3) is 15.2. The van der Waals surface area contributed by atoms with E-state index in [4.69, 9.17) is 109 Å². The van der Waals surface area contributed by atoms with Crippen molar-refractivity contribution in [2.75, 3.05) is 45.9 Å². The Hall–Kier alpha value is -2.60. The van der Waals surface area contributed by atoms with Gasteiger partial charge in [-0.05, 0) is 34.1 Å². The summed E-state index contributed by atoms with van der Waals surface area (Å²) in [6.07, 6.45) is -11.0. The number of nitrogen functional groups attached to an aromatic ring is 1. The predicted molar refractivity (Wildman–Crippen MR) is 271 cm³/mol. The Morgan fingerprint density at radius 1 is 0.776 bits per heavy atom. The van der Waals surface area contributed by atoms with Gasteiger partial charge in [0.15, 0.2) is 24.2 Å². The fraction of sp³-hybridized carbons (Fsp3) is 0.649. The Bertz CT molecular complexity index is 3250. The molecule has 6 N–H and O–H groups in total. The van der Waals surface area contributed by atoms with E-state index < -0.39 is 142 Å². The summed E-state index contributed by atoms with van der Waals surface area (Å²) in [6, 6.07) is 0. The topological polar surface area (TPSA) is 417 Å². The monoisotopic (exact) mass is 1230 g/mol. The molecular weight excluding hydrogens is 1170 g/mol. The number of fused-ring (bicyclic) bond motifs is 1. The van der Waals surface area contributed by atoms with Gasteiger partial charge >= 0.3 is 11.4 Å². The van der Waals surface area contributed by atoms with E-state index in [0.29, 0.717) is 0 Å². The molecule has 7 rings (SSSR count). The van der Waals surface area contributed by atoms with Crippen LogP contribution < -0.4 is 48.5 Å². The number of aromatic nitrogens is 8. The van der Waals surface area contributed by atoms with Gasteiger partial charge in [0.25, 0.3) is 16.7 Å². The molecule has 0 saturated carbocycles. The van der Waals surface area contributed by atoms with Crippen molar-refractivity contribution in [1.82, 2.24) is 38.6 Å². The third-order valence-corrected chi connectivity index (χ3v) is 17.8. The first-order valence-corrected chi connectivity index (χ1v) is 32.8. The van der Waals surface area contributed by atoms with Gasteiger partial charge in [0.2, 0.25) is 5.95 Å². The number of hydrogen-bond acceptors (Lipinski definition) is 29. The van der Waals surface area contributed by atoms with Gasteiger partial charge in [-0.1, -0.05) is 35.4 Å². The van der Waals surface area contributed by atoms with Gasteiger partial charge in [0, 0.05) is 50.1 Å². The van der Waals surface area contributed by atoms with Crippen LogP contribution in [0.15, 0.2) is 42.7 Å². The number of rotatable bonds is 25. The van der Waals surface area contributed by atoms with Gasteiger partial charge < -0.3 is 92.9 Å². The number of aryl methyl sites for hydroxylation is 2. The van der Waals surface area contributed by atoms with E-state index >= 15 is 0 Å². The molecule has 0 bridgehead atoms. The van der Waals surface area contributed by atoms with Gasteiger partial charge in [-0.3, -0.25) is 47.6 Å². The average molecular weight is 1230 g/mol. The second kappa shape index (κ2) is 25.0. The van der Waals surface area contributed by atoms with Crippen LogP contribution in [0.25, 0.3) is 11.2 Å². The van der Waals surface area contributed by atoms with Crippen molar-refractivity contribution >= 4 is 91.7 Å². The molecule has 0 radical (unpaired) electrons. The highest BCUT2D eigenvalue weighted by atomic mass is 32.7. The smallest absolute Gasteiger partial charge is 0.330 e. The number of imidazole rings is 1. The molecule has 0 spiro atoms. The summed E-state index contributed by atoms with van der Waals surface area (Å²) in [7, 11) is 1.20. The van der Waals surface area contributed by atoms with Crippen LogP contribution in [-0.2, 0) is 107 Å². The SMILES string of the molecule is CO[C@H]1C(OP([O-])(=S)OCCCO)[C@@H](COP([O-])(=S)OC2C[C@H](n3cc(C)c(=O)[nH]c3=O)O[C@@H]2COP(=O)([S-])OC2C[C@H](n3cnc4c(=O)[nH]c(N)nc43)O[C@@H]2COP([O-])(=S)OC(C)C)O[C@H]1n1cc(C)c(=O)[nH]c1=O. The van der Waals surface area contributed by atoms with Crippen LogP contribution in [0.4, 0.5) is 5.95 Å². The Morgan fingerprint density at radius 3 is 1.95 bits per heavy atom. The largest absolute Gasteiger partial charge is 0.780 e. The number of aliphatic hydroxyl groups is 1.